The zero-order valence-corrected chi connectivity index (χ0v) is 29.1. The number of fused-ring (bicyclic) bond motifs is 9. The van der Waals surface area contributed by atoms with Gasteiger partial charge in [-0.3, -0.25) is 9.97 Å². The molecule has 0 N–H and O–H groups in total. The van der Waals surface area contributed by atoms with Crippen molar-refractivity contribution in [2.45, 2.75) is 0 Å². The zero-order valence-electron chi connectivity index (χ0n) is 27.7. The van der Waals surface area contributed by atoms with Crippen LogP contribution in [0.25, 0.3) is 88.4 Å². The van der Waals surface area contributed by atoms with Crippen LogP contribution in [-0.4, -0.2) is 28.6 Å². The van der Waals surface area contributed by atoms with Crippen LogP contribution >= 0.6 is 0 Å². The van der Waals surface area contributed by atoms with E-state index in [1.165, 1.54) is 93.3 Å². The van der Waals surface area contributed by atoms with E-state index in [-0.39, 0.29) is 0 Å². The number of nitrogens with zero attached hydrogens (tertiary/aromatic N) is 4. The molecule has 0 fully saturated rings. The van der Waals surface area contributed by atoms with Gasteiger partial charge >= 0.3 is 0 Å². The van der Waals surface area contributed by atoms with Crippen LogP contribution in [0.4, 0.5) is 0 Å². The summed E-state index contributed by atoms with van der Waals surface area (Å²) in [6.07, 6.45) is 6.21. The van der Waals surface area contributed by atoms with Crippen molar-refractivity contribution in [2.24, 2.45) is 0 Å². The highest BCUT2D eigenvalue weighted by molar-refractivity contribution is 6.73. The minimum absolute atomic E-state index is 0.757. The Bertz CT molecular complexity index is 2990. The molecule has 0 saturated heterocycles. The molecule has 0 unspecified atom stereocenters. The summed E-state index contributed by atoms with van der Waals surface area (Å²) < 4.78 is 4.74. The number of benzene rings is 6. The van der Waals surface area contributed by atoms with Crippen molar-refractivity contribution in [3.8, 4) is 44.8 Å². The van der Waals surface area contributed by atoms with E-state index in [1.807, 2.05) is 0 Å². The third kappa shape index (κ3) is 4.25. The van der Waals surface area contributed by atoms with E-state index < -0.39 is 9.52 Å². The van der Waals surface area contributed by atoms with E-state index >= 15 is 0 Å². The lowest BCUT2D eigenvalue weighted by molar-refractivity contribution is 1.18. The normalized spacial score (nSPS) is 12.7. The third-order valence-corrected chi connectivity index (χ3v) is 12.5. The number of para-hydroxylation sites is 4. The van der Waals surface area contributed by atoms with Gasteiger partial charge in [0.1, 0.15) is 9.52 Å². The van der Waals surface area contributed by atoms with Crippen LogP contribution < -0.4 is 10.5 Å². The molecule has 0 aliphatic carbocycles. The van der Waals surface area contributed by atoms with Crippen molar-refractivity contribution in [3.05, 3.63) is 170 Å². The van der Waals surface area contributed by atoms with Gasteiger partial charge in [0.15, 0.2) is 0 Å². The molecule has 0 spiro atoms. The molecule has 5 heterocycles. The Labute approximate surface area is 296 Å². The molecule has 4 aromatic heterocycles. The number of rotatable bonds is 4. The molecule has 1 aliphatic rings. The van der Waals surface area contributed by atoms with E-state index in [0.29, 0.717) is 0 Å². The summed E-state index contributed by atoms with van der Waals surface area (Å²) in [6.45, 7) is 0. The van der Waals surface area contributed by atoms with Crippen molar-refractivity contribution in [1.82, 2.24) is 19.1 Å². The first-order valence-electron chi connectivity index (χ1n) is 17.4. The van der Waals surface area contributed by atoms with Gasteiger partial charge in [-0.2, -0.15) is 0 Å². The summed E-state index contributed by atoms with van der Waals surface area (Å²) in [5, 5.41) is 7.60. The Morgan fingerprint density at radius 1 is 0.412 bits per heavy atom. The largest absolute Gasteiger partial charge is 0.309 e. The van der Waals surface area contributed by atoms with Gasteiger partial charge < -0.3 is 9.13 Å². The number of hydrogen-bond donors (Lipinski definition) is 0. The van der Waals surface area contributed by atoms with E-state index in [9.17, 15) is 0 Å². The maximum absolute atomic E-state index is 5.13. The lowest BCUT2D eigenvalue weighted by atomic mass is 9.94. The zero-order chi connectivity index (χ0) is 33.5. The summed E-state index contributed by atoms with van der Waals surface area (Å²) >= 11 is 0. The van der Waals surface area contributed by atoms with Gasteiger partial charge in [-0.05, 0) is 94.2 Å². The van der Waals surface area contributed by atoms with E-state index in [4.69, 9.17) is 9.97 Å². The van der Waals surface area contributed by atoms with Crippen LogP contribution in [0.5, 0.6) is 0 Å². The molecule has 5 heteroatoms. The maximum atomic E-state index is 5.13. The fourth-order valence-electron chi connectivity index (χ4n) is 8.37. The second-order valence-corrected chi connectivity index (χ2v) is 15.2. The maximum Gasteiger partial charge on any atom is 0.114 e. The lowest BCUT2D eigenvalue weighted by Crippen LogP contribution is -2.23. The van der Waals surface area contributed by atoms with Crippen LogP contribution in [0.3, 0.4) is 0 Å². The van der Waals surface area contributed by atoms with Crippen molar-refractivity contribution in [1.29, 1.82) is 0 Å². The molecule has 0 amide bonds. The molecule has 0 radical (unpaired) electrons. The summed E-state index contributed by atoms with van der Waals surface area (Å²) in [6, 6.07) is 54.8. The molecule has 238 valence electrons. The third-order valence-electron chi connectivity index (χ3n) is 10.6. The van der Waals surface area contributed by atoms with E-state index in [0.717, 1.165) is 5.56 Å². The number of aromatic nitrogens is 4. The molecular weight excluding hydrogens is 637 g/mol. The van der Waals surface area contributed by atoms with Crippen molar-refractivity contribution >= 4 is 63.6 Å². The Hall–Kier alpha value is -6.56. The Kier molecular flexibility index (Phi) is 6.09. The van der Waals surface area contributed by atoms with Crippen LogP contribution in [0.1, 0.15) is 0 Å². The predicted molar refractivity (Wildman–Crippen MR) is 215 cm³/mol. The summed E-state index contributed by atoms with van der Waals surface area (Å²) in [5.74, 6) is 0. The molecule has 0 bridgehead atoms. The standard InChI is InChI=1S/C46H30N4Si/c1-3-11-32(12-4-1)49-40-17-9-7-15-34(40)36-23-29(19-21-42(36)49)31-25-38-45-39(27-47-28-44(45)51-46(38)48-26-31)30-20-22-43-37(24-30)35-16-8-10-18-41(35)50(43)33-13-5-2-6-14-33/h1-28H,51H2. The van der Waals surface area contributed by atoms with Gasteiger partial charge in [0, 0.05) is 68.0 Å². The van der Waals surface area contributed by atoms with Gasteiger partial charge in [0.25, 0.3) is 0 Å². The SMILES string of the molecule is c1ccc(-n2c3ccccc3c3cc(-c4cnc5c(c4)-c4c(cncc4-c4ccc6c(c4)c4ccccc4n6-c4ccccc4)[SiH2]5)ccc32)cc1. The van der Waals surface area contributed by atoms with Crippen molar-refractivity contribution in [2.75, 3.05) is 0 Å². The average Bonchev–Trinajstić information content (AvgIpc) is 3.85. The van der Waals surface area contributed by atoms with Gasteiger partial charge in [0.2, 0.25) is 0 Å². The molecule has 10 aromatic rings. The van der Waals surface area contributed by atoms with Gasteiger partial charge in [0.05, 0.1) is 22.1 Å². The quantitative estimate of drug-likeness (QED) is 0.176. The number of hydrogen-bond acceptors (Lipinski definition) is 2. The van der Waals surface area contributed by atoms with E-state index in [1.54, 1.807) is 0 Å². The Morgan fingerprint density at radius 3 is 1.61 bits per heavy atom. The van der Waals surface area contributed by atoms with Crippen LogP contribution in [0, 0.1) is 0 Å². The topological polar surface area (TPSA) is 35.6 Å². The van der Waals surface area contributed by atoms with Crippen LogP contribution in [-0.2, 0) is 0 Å². The number of pyridine rings is 2. The highest BCUT2D eigenvalue weighted by Gasteiger charge is 2.25. The molecule has 0 atom stereocenters. The molecule has 1 aliphatic heterocycles. The first kappa shape index (κ1) is 28.3. The first-order valence-corrected chi connectivity index (χ1v) is 18.9. The minimum Gasteiger partial charge on any atom is -0.309 e. The molecule has 11 rings (SSSR count). The van der Waals surface area contributed by atoms with Gasteiger partial charge in [-0.1, -0.05) is 84.9 Å². The fourth-order valence-corrected chi connectivity index (χ4v) is 10.1. The molecule has 0 saturated carbocycles. The Balaban J connectivity index is 1.06. The fraction of sp³-hybridized carbons (Fsp3) is 0. The molecule has 6 aromatic carbocycles. The van der Waals surface area contributed by atoms with E-state index in [2.05, 4.69) is 179 Å². The first-order chi connectivity index (χ1) is 25.3. The molecule has 51 heavy (non-hydrogen) atoms. The summed E-state index contributed by atoms with van der Waals surface area (Å²) in [4.78, 5) is 9.91. The highest BCUT2D eigenvalue weighted by Crippen LogP contribution is 2.39. The lowest BCUT2D eigenvalue weighted by Gasteiger charge is -2.12. The summed E-state index contributed by atoms with van der Waals surface area (Å²) in [7, 11) is -0.757. The van der Waals surface area contributed by atoms with Gasteiger partial charge in [-0.15, -0.1) is 0 Å². The van der Waals surface area contributed by atoms with Crippen molar-refractivity contribution < 1.29 is 0 Å². The second-order valence-electron chi connectivity index (χ2n) is 13.5. The predicted octanol–water partition coefficient (Wildman–Crippen LogP) is 9.10. The summed E-state index contributed by atoms with van der Waals surface area (Å²) in [5.41, 5.74) is 14.4. The average molecular weight is 667 g/mol. The van der Waals surface area contributed by atoms with Gasteiger partial charge in [-0.25, -0.2) is 0 Å². The minimum atomic E-state index is -0.757. The second kappa shape index (κ2) is 11.0. The smallest absolute Gasteiger partial charge is 0.114 e. The Morgan fingerprint density at radius 2 is 0.961 bits per heavy atom. The highest BCUT2D eigenvalue weighted by atomic mass is 28.2. The monoisotopic (exact) mass is 666 g/mol. The van der Waals surface area contributed by atoms with Crippen molar-refractivity contribution in [3.63, 3.8) is 0 Å². The molecular formula is C46H30N4Si. The molecule has 4 nitrogen and oxygen atoms in total. The van der Waals surface area contributed by atoms with Crippen LogP contribution in [0.2, 0.25) is 0 Å². The van der Waals surface area contributed by atoms with Crippen LogP contribution in [0.15, 0.2) is 170 Å².